The van der Waals surface area contributed by atoms with Crippen LogP contribution in [0.2, 0.25) is 0 Å². The van der Waals surface area contributed by atoms with Gasteiger partial charge in [0.05, 0.1) is 0 Å². The van der Waals surface area contributed by atoms with Crippen molar-refractivity contribution in [1.82, 2.24) is 5.32 Å². The number of rotatable bonds is 6. The Morgan fingerprint density at radius 3 is 2.50 bits per heavy atom. The van der Waals surface area contributed by atoms with Gasteiger partial charge in [0.15, 0.2) is 0 Å². The summed E-state index contributed by atoms with van der Waals surface area (Å²) < 4.78 is 0. The molecule has 0 radical (unpaired) electrons. The highest BCUT2D eigenvalue weighted by Crippen LogP contribution is 2.31. The first-order valence-corrected chi connectivity index (χ1v) is 7.67. The van der Waals surface area contributed by atoms with Gasteiger partial charge < -0.3 is 10.4 Å². The van der Waals surface area contributed by atoms with Crippen molar-refractivity contribution in [2.75, 3.05) is 13.2 Å². The van der Waals surface area contributed by atoms with Crippen LogP contribution in [0.25, 0.3) is 0 Å². The SMILES string of the molecule is O=C(CCC1CCCC1)NCC1CCCC1CO. The first-order chi connectivity index (χ1) is 8.79. The fourth-order valence-electron chi connectivity index (χ4n) is 3.59. The first-order valence-electron chi connectivity index (χ1n) is 7.67. The number of aliphatic hydroxyl groups excluding tert-OH is 1. The molecule has 0 spiro atoms. The van der Waals surface area contributed by atoms with Crippen LogP contribution in [0.15, 0.2) is 0 Å². The highest BCUT2D eigenvalue weighted by atomic mass is 16.3. The molecule has 0 aliphatic heterocycles. The van der Waals surface area contributed by atoms with Crippen molar-refractivity contribution < 1.29 is 9.90 Å². The van der Waals surface area contributed by atoms with Gasteiger partial charge in [-0.1, -0.05) is 32.1 Å². The molecule has 2 saturated carbocycles. The summed E-state index contributed by atoms with van der Waals surface area (Å²) in [5.41, 5.74) is 0. The van der Waals surface area contributed by atoms with Crippen molar-refractivity contribution in [2.24, 2.45) is 17.8 Å². The van der Waals surface area contributed by atoms with Crippen molar-refractivity contribution in [3.63, 3.8) is 0 Å². The number of nitrogens with one attached hydrogen (secondary N) is 1. The topological polar surface area (TPSA) is 49.3 Å². The highest BCUT2D eigenvalue weighted by Gasteiger charge is 2.26. The van der Waals surface area contributed by atoms with Crippen LogP contribution in [0.3, 0.4) is 0 Å². The maximum absolute atomic E-state index is 11.8. The molecule has 0 aromatic carbocycles. The third-order valence-electron chi connectivity index (χ3n) is 4.87. The Bertz CT molecular complexity index is 261. The molecule has 1 amide bonds. The minimum Gasteiger partial charge on any atom is -0.396 e. The van der Waals surface area contributed by atoms with Crippen molar-refractivity contribution in [1.29, 1.82) is 0 Å². The molecular formula is C15H27NO2. The van der Waals surface area contributed by atoms with E-state index in [4.69, 9.17) is 0 Å². The second-order valence-electron chi connectivity index (χ2n) is 6.13. The molecule has 2 aliphatic rings. The third kappa shape index (κ3) is 3.98. The summed E-state index contributed by atoms with van der Waals surface area (Å²) in [6.07, 6.45) is 10.6. The van der Waals surface area contributed by atoms with Gasteiger partial charge in [-0.3, -0.25) is 4.79 Å². The minimum absolute atomic E-state index is 0.213. The summed E-state index contributed by atoms with van der Waals surface area (Å²) >= 11 is 0. The van der Waals surface area contributed by atoms with E-state index in [1.165, 1.54) is 32.1 Å². The van der Waals surface area contributed by atoms with E-state index in [1.807, 2.05) is 0 Å². The Balaban J connectivity index is 1.59. The monoisotopic (exact) mass is 253 g/mol. The predicted molar refractivity (Wildman–Crippen MR) is 72.1 cm³/mol. The Morgan fingerprint density at radius 1 is 1.06 bits per heavy atom. The molecule has 2 N–H and O–H groups in total. The van der Waals surface area contributed by atoms with Gasteiger partial charge >= 0.3 is 0 Å². The quantitative estimate of drug-likeness (QED) is 0.764. The molecule has 0 bridgehead atoms. The van der Waals surface area contributed by atoms with E-state index >= 15 is 0 Å². The molecule has 3 heteroatoms. The second kappa shape index (κ2) is 7.13. The fraction of sp³-hybridized carbons (Fsp3) is 0.933. The van der Waals surface area contributed by atoms with Crippen LogP contribution in [-0.2, 0) is 4.79 Å². The van der Waals surface area contributed by atoms with E-state index in [-0.39, 0.29) is 12.5 Å². The summed E-state index contributed by atoms with van der Waals surface area (Å²) in [5, 5.41) is 12.3. The van der Waals surface area contributed by atoms with Crippen LogP contribution >= 0.6 is 0 Å². The molecule has 0 heterocycles. The summed E-state index contributed by atoms with van der Waals surface area (Å²) in [4.78, 5) is 11.8. The van der Waals surface area contributed by atoms with Gasteiger partial charge in [0, 0.05) is 19.6 Å². The van der Waals surface area contributed by atoms with E-state index < -0.39 is 0 Å². The number of carbonyl (C=O) groups is 1. The predicted octanol–water partition coefficient (Wildman–Crippen LogP) is 2.48. The van der Waals surface area contributed by atoms with Crippen LogP contribution in [0.5, 0.6) is 0 Å². The fourth-order valence-corrected chi connectivity index (χ4v) is 3.59. The van der Waals surface area contributed by atoms with Gasteiger partial charge in [-0.25, -0.2) is 0 Å². The lowest BCUT2D eigenvalue weighted by atomic mass is 9.96. The third-order valence-corrected chi connectivity index (χ3v) is 4.87. The van der Waals surface area contributed by atoms with E-state index in [9.17, 15) is 9.90 Å². The van der Waals surface area contributed by atoms with Gasteiger partial charge in [0.25, 0.3) is 0 Å². The molecule has 0 aromatic rings. The lowest BCUT2D eigenvalue weighted by molar-refractivity contribution is -0.121. The Hall–Kier alpha value is -0.570. The molecule has 2 aliphatic carbocycles. The summed E-state index contributed by atoms with van der Waals surface area (Å²) in [6, 6.07) is 0. The molecule has 104 valence electrons. The Labute approximate surface area is 110 Å². The van der Waals surface area contributed by atoms with Crippen molar-refractivity contribution in [3.8, 4) is 0 Å². The lowest BCUT2D eigenvalue weighted by Crippen LogP contribution is -2.31. The molecular weight excluding hydrogens is 226 g/mol. The standard InChI is InChI=1S/C15H27NO2/c17-11-14-7-3-6-13(14)10-16-15(18)9-8-12-4-1-2-5-12/h12-14,17H,1-11H2,(H,16,18). The normalized spacial score (nSPS) is 28.7. The highest BCUT2D eigenvalue weighted by molar-refractivity contribution is 5.75. The van der Waals surface area contributed by atoms with Gasteiger partial charge in [0.1, 0.15) is 0 Å². The van der Waals surface area contributed by atoms with Crippen molar-refractivity contribution >= 4 is 5.91 Å². The van der Waals surface area contributed by atoms with Crippen molar-refractivity contribution in [2.45, 2.75) is 57.8 Å². The number of aliphatic hydroxyl groups is 1. The molecule has 0 saturated heterocycles. The molecule has 2 atom stereocenters. The smallest absolute Gasteiger partial charge is 0.220 e. The Kier molecular flexibility index (Phi) is 5.48. The largest absolute Gasteiger partial charge is 0.396 e. The van der Waals surface area contributed by atoms with Gasteiger partial charge in [-0.15, -0.1) is 0 Å². The van der Waals surface area contributed by atoms with Gasteiger partial charge in [-0.2, -0.15) is 0 Å². The maximum atomic E-state index is 11.8. The van der Waals surface area contributed by atoms with E-state index in [0.29, 0.717) is 18.3 Å². The number of hydrogen-bond donors (Lipinski definition) is 2. The van der Waals surface area contributed by atoms with E-state index in [0.717, 1.165) is 31.7 Å². The molecule has 3 nitrogen and oxygen atoms in total. The van der Waals surface area contributed by atoms with E-state index in [1.54, 1.807) is 0 Å². The van der Waals surface area contributed by atoms with Crippen molar-refractivity contribution in [3.05, 3.63) is 0 Å². The number of carbonyl (C=O) groups excluding carboxylic acids is 1. The first kappa shape index (κ1) is 13.9. The van der Waals surface area contributed by atoms with E-state index in [2.05, 4.69) is 5.32 Å². The number of amides is 1. The van der Waals surface area contributed by atoms with Crippen LogP contribution in [0.1, 0.15) is 57.8 Å². The maximum Gasteiger partial charge on any atom is 0.220 e. The molecule has 2 rings (SSSR count). The summed E-state index contributed by atoms with van der Waals surface area (Å²) in [5.74, 6) is 1.93. The lowest BCUT2D eigenvalue weighted by Gasteiger charge is -2.18. The average molecular weight is 253 g/mol. The summed E-state index contributed by atoms with van der Waals surface area (Å²) in [7, 11) is 0. The minimum atomic E-state index is 0.213. The van der Waals surface area contributed by atoms with Crippen LogP contribution < -0.4 is 5.32 Å². The molecule has 2 unspecified atom stereocenters. The molecule has 0 aromatic heterocycles. The van der Waals surface area contributed by atoms with Crippen LogP contribution in [0, 0.1) is 17.8 Å². The van der Waals surface area contributed by atoms with Crippen LogP contribution in [0.4, 0.5) is 0 Å². The Morgan fingerprint density at radius 2 is 1.78 bits per heavy atom. The average Bonchev–Trinajstić information content (AvgIpc) is 3.04. The van der Waals surface area contributed by atoms with Gasteiger partial charge in [-0.05, 0) is 37.0 Å². The summed E-state index contributed by atoms with van der Waals surface area (Å²) in [6.45, 7) is 1.05. The second-order valence-corrected chi connectivity index (χ2v) is 6.13. The zero-order chi connectivity index (χ0) is 12.8. The zero-order valence-electron chi connectivity index (χ0n) is 11.4. The van der Waals surface area contributed by atoms with Crippen LogP contribution in [-0.4, -0.2) is 24.2 Å². The molecule has 18 heavy (non-hydrogen) atoms. The molecule has 2 fully saturated rings. The van der Waals surface area contributed by atoms with Gasteiger partial charge in [0.2, 0.25) is 5.91 Å². The number of hydrogen-bond acceptors (Lipinski definition) is 2. The zero-order valence-corrected chi connectivity index (χ0v) is 11.4.